The Morgan fingerprint density at radius 2 is 1.96 bits per heavy atom. The van der Waals surface area contributed by atoms with Crippen LogP contribution in [0.4, 0.5) is 0 Å². The van der Waals surface area contributed by atoms with Gasteiger partial charge >= 0.3 is 0 Å². The highest BCUT2D eigenvalue weighted by Crippen LogP contribution is 2.32. The lowest BCUT2D eigenvalue weighted by Gasteiger charge is -2.34. The van der Waals surface area contributed by atoms with Crippen molar-refractivity contribution < 1.29 is 9.53 Å². The third-order valence-electron chi connectivity index (χ3n) is 4.43. The van der Waals surface area contributed by atoms with Gasteiger partial charge in [-0.15, -0.1) is 10.2 Å². The van der Waals surface area contributed by atoms with Gasteiger partial charge in [0.1, 0.15) is 11.8 Å². The Labute approximate surface area is 142 Å². The fraction of sp³-hybridized carbons (Fsp3) is 0.500. The van der Waals surface area contributed by atoms with Crippen LogP contribution in [-0.4, -0.2) is 39.2 Å². The van der Waals surface area contributed by atoms with E-state index in [-0.39, 0.29) is 11.9 Å². The maximum atomic E-state index is 12.9. The van der Waals surface area contributed by atoms with Crippen molar-refractivity contribution >= 4 is 5.91 Å². The van der Waals surface area contributed by atoms with Gasteiger partial charge in [0.15, 0.2) is 11.6 Å². The zero-order valence-corrected chi connectivity index (χ0v) is 14.7. The van der Waals surface area contributed by atoms with Crippen molar-refractivity contribution in [3.8, 4) is 17.1 Å². The van der Waals surface area contributed by atoms with Gasteiger partial charge in [0.25, 0.3) is 0 Å². The number of hydrogen-bond donors (Lipinski definition) is 0. The molecule has 0 N–H and O–H groups in total. The minimum atomic E-state index is -0.235. The molecular weight excluding hydrogens is 304 g/mol. The molecule has 1 atom stereocenters. The molecule has 0 spiro atoms. The van der Waals surface area contributed by atoms with E-state index in [2.05, 4.69) is 24.0 Å². The Morgan fingerprint density at radius 1 is 1.25 bits per heavy atom. The van der Waals surface area contributed by atoms with Crippen LogP contribution in [0.5, 0.6) is 5.75 Å². The van der Waals surface area contributed by atoms with E-state index >= 15 is 0 Å². The first-order valence-electron chi connectivity index (χ1n) is 8.42. The fourth-order valence-electron chi connectivity index (χ4n) is 3.19. The van der Waals surface area contributed by atoms with Crippen LogP contribution in [0.3, 0.4) is 0 Å². The molecule has 0 unspecified atom stereocenters. The van der Waals surface area contributed by atoms with Gasteiger partial charge in [-0.2, -0.15) is 0 Å². The zero-order chi connectivity index (χ0) is 17.3. The Morgan fingerprint density at radius 3 is 2.54 bits per heavy atom. The third-order valence-corrected chi connectivity index (χ3v) is 4.43. The normalized spacial score (nSPS) is 17.3. The lowest BCUT2D eigenvalue weighted by Crippen LogP contribution is -2.43. The average Bonchev–Trinajstić information content (AvgIpc) is 3.00. The molecule has 0 radical (unpaired) electrons. The Hall–Kier alpha value is -2.37. The SMILES string of the molecule is CCN1Cc2nnc(-c3ccc(OC)cc3)n2[C@@H](CC(C)C)C1=O. The van der Waals surface area contributed by atoms with Gasteiger partial charge in [0.2, 0.25) is 5.91 Å². The standard InChI is InChI=1S/C18H24N4O2/c1-5-21-11-16-19-20-17(13-6-8-14(24-4)9-7-13)22(16)15(18(21)23)10-12(2)3/h6-9,12,15H,5,10-11H2,1-4H3/t15-/m0/s1. The summed E-state index contributed by atoms with van der Waals surface area (Å²) in [5.41, 5.74) is 0.945. The molecule has 2 heterocycles. The number of hydrogen-bond acceptors (Lipinski definition) is 4. The molecule has 0 fully saturated rings. The van der Waals surface area contributed by atoms with Crippen molar-refractivity contribution in [1.29, 1.82) is 0 Å². The van der Waals surface area contributed by atoms with Gasteiger partial charge in [0.05, 0.1) is 13.7 Å². The van der Waals surface area contributed by atoms with Gasteiger partial charge in [-0.05, 0) is 43.5 Å². The Bertz CT molecular complexity index is 721. The molecule has 6 heteroatoms. The molecule has 0 saturated carbocycles. The quantitative estimate of drug-likeness (QED) is 0.847. The molecule has 3 rings (SSSR count). The molecule has 0 saturated heterocycles. The van der Waals surface area contributed by atoms with E-state index in [1.54, 1.807) is 7.11 Å². The summed E-state index contributed by atoms with van der Waals surface area (Å²) in [6.07, 6.45) is 0.781. The highest BCUT2D eigenvalue weighted by Gasteiger charge is 2.35. The Balaban J connectivity index is 2.05. The van der Waals surface area contributed by atoms with E-state index in [4.69, 9.17) is 4.74 Å². The first kappa shape index (κ1) is 16.5. The smallest absolute Gasteiger partial charge is 0.246 e. The Kier molecular flexibility index (Phi) is 4.55. The summed E-state index contributed by atoms with van der Waals surface area (Å²) in [5, 5.41) is 8.73. The number of nitrogens with zero attached hydrogens (tertiary/aromatic N) is 4. The van der Waals surface area contributed by atoms with Crippen LogP contribution in [0, 0.1) is 5.92 Å². The first-order chi connectivity index (χ1) is 11.5. The monoisotopic (exact) mass is 328 g/mol. The number of ether oxygens (including phenoxy) is 1. The van der Waals surface area contributed by atoms with Gasteiger partial charge in [-0.3, -0.25) is 9.36 Å². The van der Waals surface area contributed by atoms with E-state index < -0.39 is 0 Å². The van der Waals surface area contributed by atoms with Crippen molar-refractivity contribution in [3.05, 3.63) is 30.1 Å². The second-order valence-corrected chi connectivity index (χ2v) is 6.54. The summed E-state index contributed by atoms with van der Waals surface area (Å²) in [5.74, 6) is 2.97. The first-order valence-corrected chi connectivity index (χ1v) is 8.42. The minimum absolute atomic E-state index is 0.160. The molecule has 0 aliphatic carbocycles. The molecular formula is C18H24N4O2. The molecule has 0 bridgehead atoms. The van der Waals surface area contributed by atoms with Crippen LogP contribution in [0.15, 0.2) is 24.3 Å². The van der Waals surface area contributed by atoms with Gasteiger partial charge in [0, 0.05) is 12.1 Å². The van der Waals surface area contributed by atoms with Crippen LogP contribution in [0.25, 0.3) is 11.4 Å². The number of benzene rings is 1. The number of carbonyl (C=O) groups excluding carboxylic acids is 1. The summed E-state index contributed by atoms with van der Waals surface area (Å²) in [6, 6.07) is 7.48. The largest absolute Gasteiger partial charge is 0.497 e. The highest BCUT2D eigenvalue weighted by atomic mass is 16.5. The minimum Gasteiger partial charge on any atom is -0.497 e. The van der Waals surface area contributed by atoms with Crippen molar-refractivity contribution in [2.24, 2.45) is 5.92 Å². The molecule has 1 aliphatic rings. The van der Waals surface area contributed by atoms with E-state index in [9.17, 15) is 4.79 Å². The van der Waals surface area contributed by atoms with Gasteiger partial charge in [-0.25, -0.2) is 0 Å². The topological polar surface area (TPSA) is 60.2 Å². The van der Waals surface area contributed by atoms with Crippen molar-refractivity contribution in [3.63, 3.8) is 0 Å². The second kappa shape index (κ2) is 6.63. The summed E-state index contributed by atoms with van der Waals surface area (Å²) in [6.45, 7) is 7.48. The zero-order valence-electron chi connectivity index (χ0n) is 14.7. The highest BCUT2D eigenvalue weighted by molar-refractivity contribution is 5.82. The number of methoxy groups -OCH3 is 1. The fourth-order valence-corrected chi connectivity index (χ4v) is 3.19. The van der Waals surface area contributed by atoms with Gasteiger partial charge in [-0.1, -0.05) is 13.8 Å². The summed E-state index contributed by atoms with van der Waals surface area (Å²) >= 11 is 0. The number of rotatable bonds is 5. The number of amides is 1. The maximum Gasteiger partial charge on any atom is 0.246 e. The molecule has 1 amide bonds. The predicted molar refractivity (Wildman–Crippen MR) is 91.6 cm³/mol. The third kappa shape index (κ3) is 2.88. The van der Waals surface area contributed by atoms with Crippen LogP contribution < -0.4 is 4.74 Å². The molecule has 1 aromatic carbocycles. The summed E-state index contributed by atoms with van der Waals surface area (Å²) in [7, 11) is 1.64. The van der Waals surface area contributed by atoms with Crippen LogP contribution in [0.1, 0.15) is 39.1 Å². The second-order valence-electron chi connectivity index (χ2n) is 6.54. The molecule has 24 heavy (non-hydrogen) atoms. The molecule has 1 aromatic heterocycles. The molecule has 128 valence electrons. The molecule has 2 aromatic rings. The maximum absolute atomic E-state index is 12.9. The van der Waals surface area contributed by atoms with E-state index in [1.165, 1.54) is 0 Å². The molecule has 6 nitrogen and oxygen atoms in total. The summed E-state index contributed by atoms with van der Waals surface area (Å²) < 4.78 is 7.24. The summed E-state index contributed by atoms with van der Waals surface area (Å²) in [4.78, 5) is 14.7. The number of fused-ring (bicyclic) bond motifs is 1. The van der Waals surface area contributed by atoms with Gasteiger partial charge < -0.3 is 9.64 Å². The van der Waals surface area contributed by atoms with E-state index in [1.807, 2.05) is 40.7 Å². The molecule has 1 aliphatic heterocycles. The number of likely N-dealkylation sites (N-methyl/N-ethyl adjacent to an activating group) is 1. The number of aromatic nitrogens is 3. The van der Waals surface area contributed by atoms with Crippen molar-refractivity contribution in [1.82, 2.24) is 19.7 Å². The van der Waals surface area contributed by atoms with E-state index in [0.29, 0.717) is 19.0 Å². The van der Waals surface area contributed by atoms with Crippen LogP contribution in [0.2, 0.25) is 0 Å². The lowest BCUT2D eigenvalue weighted by molar-refractivity contribution is -0.137. The van der Waals surface area contributed by atoms with Crippen molar-refractivity contribution in [2.45, 2.75) is 39.8 Å². The van der Waals surface area contributed by atoms with Crippen LogP contribution in [-0.2, 0) is 11.3 Å². The lowest BCUT2D eigenvalue weighted by atomic mass is 10.00. The van der Waals surface area contributed by atoms with E-state index in [0.717, 1.165) is 29.4 Å². The number of carbonyl (C=O) groups is 1. The average molecular weight is 328 g/mol. The van der Waals surface area contributed by atoms with Crippen LogP contribution >= 0.6 is 0 Å². The van der Waals surface area contributed by atoms with Crippen molar-refractivity contribution in [2.75, 3.05) is 13.7 Å². The predicted octanol–water partition coefficient (Wildman–Crippen LogP) is 2.90.